The summed E-state index contributed by atoms with van der Waals surface area (Å²) in [6, 6.07) is 0. The zero-order valence-corrected chi connectivity index (χ0v) is 8.51. The second-order valence-corrected chi connectivity index (χ2v) is 4.47. The van der Waals surface area contributed by atoms with Gasteiger partial charge in [-0.25, -0.2) is 8.78 Å². The Hall–Kier alpha value is 0.520. The molecule has 0 bridgehead atoms. The highest BCUT2D eigenvalue weighted by atomic mass is 33.1. The van der Waals surface area contributed by atoms with Gasteiger partial charge in [-0.15, -0.1) is 11.7 Å². The van der Waals surface area contributed by atoms with Gasteiger partial charge in [-0.3, -0.25) is 0 Å². The highest BCUT2D eigenvalue weighted by Gasteiger charge is 2.33. The molecule has 0 radical (unpaired) electrons. The van der Waals surface area contributed by atoms with E-state index < -0.39 is 5.92 Å². The van der Waals surface area contributed by atoms with E-state index >= 15 is 0 Å². The molecule has 1 fully saturated rings. The molecule has 1 rings (SSSR count). The molecule has 12 heavy (non-hydrogen) atoms. The van der Waals surface area contributed by atoms with Crippen molar-refractivity contribution in [2.75, 3.05) is 25.4 Å². The van der Waals surface area contributed by atoms with Crippen molar-refractivity contribution < 1.29 is 8.78 Å². The molecule has 1 aliphatic heterocycles. The van der Waals surface area contributed by atoms with Gasteiger partial charge in [0.05, 0.1) is 0 Å². The molecular formula is C7H13F2NS2. The summed E-state index contributed by atoms with van der Waals surface area (Å²) >= 11 is 4.00. The molecule has 0 aliphatic carbocycles. The first-order valence-corrected chi connectivity index (χ1v) is 6.04. The maximum atomic E-state index is 12.7. The Morgan fingerprint density at radius 1 is 1.33 bits per heavy atom. The Morgan fingerprint density at radius 2 is 1.92 bits per heavy atom. The van der Waals surface area contributed by atoms with Crippen molar-refractivity contribution >= 4 is 22.5 Å². The number of nitrogens with zero attached hydrogens (tertiary/aromatic N) is 1. The summed E-state index contributed by atoms with van der Waals surface area (Å²) in [6.07, 6.45) is 0.0362. The van der Waals surface area contributed by atoms with Crippen LogP contribution in [0.25, 0.3) is 0 Å². The Labute approximate surface area is 80.7 Å². The van der Waals surface area contributed by atoms with Crippen LogP contribution in [0.1, 0.15) is 12.8 Å². The molecule has 1 heterocycles. The highest BCUT2D eigenvalue weighted by molar-refractivity contribution is 8.68. The second-order valence-electron chi connectivity index (χ2n) is 3.03. The molecule has 5 heteroatoms. The molecule has 0 unspecified atom stereocenters. The van der Waals surface area contributed by atoms with Crippen LogP contribution in [0.2, 0.25) is 0 Å². The smallest absolute Gasteiger partial charge is 0.250 e. The molecule has 0 aromatic heterocycles. The van der Waals surface area contributed by atoms with Gasteiger partial charge in [0.1, 0.15) is 0 Å². The molecule has 1 saturated heterocycles. The Bertz CT molecular complexity index is 133. The minimum atomic E-state index is -2.41. The Balaban J connectivity index is 2.18. The third kappa shape index (κ3) is 3.49. The number of piperidine rings is 1. The molecule has 72 valence electrons. The lowest BCUT2D eigenvalue weighted by atomic mass is 10.1. The van der Waals surface area contributed by atoms with Crippen LogP contribution in [0.5, 0.6) is 0 Å². The van der Waals surface area contributed by atoms with Crippen molar-refractivity contribution in [3.8, 4) is 0 Å². The van der Waals surface area contributed by atoms with Crippen molar-refractivity contribution in [1.29, 1.82) is 0 Å². The van der Waals surface area contributed by atoms with E-state index in [-0.39, 0.29) is 12.8 Å². The van der Waals surface area contributed by atoms with Crippen LogP contribution >= 0.6 is 22.5 Å². The van der Waals surface area contributed by atoms with E-state index in [0.29, 0.717) is 13.1 Å². The monoisotopic (exact) mass is 213 g/mol. The number of likely N-dealkylation sites (tertiary alicyclic amines) is 1. The number of hydrogen-bond donors (Lipinski definition) is 1. The predicted octanol–water partition coefficient (Wildman–Crippen LogP) is 2.30. The fourth-order valence-corrected chi connectivity index (χ4v) is 1.86. The average Bonchev–Trinajstić information content (AvgIpc) is 2.03. The van der Waals surface area contributed by atoms with Gasteiger partial charge in [0.15, 0.2) is 0 Å². The van der Waals surface area contributed by atoms with Crippen molar-refractivity contribution in [2.45, 2.75) is 18.8 Å². The molecular weight excluding hydrogens is 200 g/mol. The lowest BCUT2D eigenvalue weighted by Crippen LogP contribution is -2.40. The summed E-state index contributed by atoms with van der Waals surface area (Å²) in [5.41, 5.74) is 0. The van der Waals surface area contributed by atoms with Crippen LogP contribution in [0.15, 0.2) is 0 Å². The van der Waals surface area contributed by atoms with E-state index in [9.17, 15) is 8.78 Å². The number of rotatable bonds is 3. The molecule has 1 nitrogen and oxygen atoms in total. The van der Waals surface area contributed by atoms with Gasteiger partial charge in [0, 0.05) is 38.2 Å². The van der Waals surface area contributed by atoms with E-state index in [1.54, 1.807) is 0 Å². The van der Waals surface area contributed by atoms with E-state index in [0.717, 1.165) is 12.3 Å². The van der Waals surface area contributed by atoms with Crippen LogP contribution in [0, 0.1) is 0 Å². The van der Waals surface area contributed by atoms with E-state index in [1.165, 1.54) is 10.8 Å². The van der Waals surface area contributed by atoms with E-state index in [2.05, 4.69) is 16.6 Å². The van der Waals surface area contributed by atoms with E-state index in [4.69, 9.17) is 0 Å². The van der Waals surface area contributed by atoms with Gasteiger partial charge >= 0.3 is 0 Å². The quantitative estimate of drug-likeness (QED) is 0.566. The molecule has 0 N–H and O–H groups in total. The summed E-state index contributed by atoms with van der Waals surface area (Å²) in [4.78, 5) is 2.07. The largest absolute Gasteiger partial charge is 0.302 e. The van der Waals surface area contributed by atoms with E-state index in [1.807, 2.05) is 0 Å². The minimum absolute atomic E-state index is 0.0181. The zero-order chi connectivity index (χ0) is 9.03. The van der Waals surface area contributed by atoms with Crippen molar-refractivity contribution in [3.05, 3.63) is 0 Å². The molecule has 0 amide bonds. The summed E-state index contributed by atoms with van der Waals surface area (Å²) < 4.78 is 25.3. The van der Waals surface area contributed by atoms with Gasteiger partial charge in [0.25, 0.3) is 5.92 Å². The maximum absolute atomic E-state index is 12.7. The number of thiol groups is 1. The fraction of sp³-hybridized carbons (Fsp3) is 1.00. The standard InChI is InChI=1S/C7H13F2NS2/c8-7(9)1-3-10(4-2-7)5-6-12-11/h11H,1-6H2. The molecule has 0 saturated carbocycles. The lowest BCUT2D eigenvalue weighted by molar-refractivity contribution is -0.0539. The first-order chi connectivity index (χ1) is 5.64. The number of hydrogen-bond acceptors (Lipinski definition) is 3. The van der Waals surface area contributed by atoms with Gasteiger partial charge in [-0.05, 0) is 0 Å². The average molecular weight is 213 g/mol. The van der Waals surface area contributed by atoms with Gasteiger partial charge in [0.2, 0.25) is 0 Å². The summed E-state index contributed by atoms with van der Waals surface area (Å²) in [5, 5.41) is 0. The van der Waals surface area contributed by atoms with Gasteiger partial charge < -0.3 is 4.90 Å². The van der Waals surface area contributed by atoms with Crippen molar-refractivity contribution in [2.24, 2.45) is 0 Å². The zero-order valence-electron chi connectivity index (χ0n) is 6.80. The molecule has 0 spiro atoms. The van der Waals surface area contributed by atoms with Crippen LogP contribution in [-0.2, 0) is 0 Å². The highest BCUT2D eigenvalue weighted by Crippen LogP contribution is 2.27. The number of alkyl halides is 2. The molecule has 0 aromatic carbocycles. The first-order valence-electron chi connectivity index (χ1n) is 4.01. The Morgan fingerprint density at radius 3 is 2.42 bits per heavy atom. The number of halogens is 2. The molecule has 0 aromatic rings. The van der Waals surface area contributed by atoms with Crippen LogP contribution in [0.4, 0.5) is 8.78 Å². The third-order valence-electron chi connectivity index (χ3n) is 2.09. The molecule has 1 aliphatic rings. The normalized spacial score (nSPS) is 24.2. The van der Waals surface area contributed by atoms with Gasteiger partial charge in [-0.2, -0.15) is 0 Å². The SMILES string of the molecule is FC1(F)CCN(CCSS)CC1. The predicted molar refractivity (Wildman–Crippen MR) is 52.1 cm³/mol. The summed E-state index contributed by atoms with van der Waals surface area (Å²) in [5.74, 6) is -1.50. The maximum Gasteiger partial charge on any atom is 0.250 e. The summed E-state index contributed by atoms with van der Waals surface area (Å²) in [6.45, 7) is 1.94. The lowest BCUT2D eigenvalue weighted by Gasteiger charge is -2.31. The van der Waals surface area contributed by atoms with Crippen molar-refractivity contribution in [1.82, 2.24) is 4.90 Å². The third-order valence-corrected chi connectivity index (χ3v) is 3.00. The van der Waals surface area contributed by atoms with Gasteiger partial charge in [-0.1, -0.05) is 10.8 Å². The van der Waals surface area contributed by atoms with Crippen LogP contribution < -0.4 is 0 Å². The minimum Gasteiger partial charge on any atom is -0.302 e. The topological polar surface area (TPSA) is 3.24 Å². The van der Waals surface area contributed by atoms with Crippen LogP contribution in [0.3, 0.4) is 0 Å². The van der Waals surface area contributed by atoms with Crippen molar-refractivity contribution in [3.63, 3.8) is 0 Å². The van der Waals surface area contributed by atoms with Crippen LogP contribution in [-0.4, -0.2) is 36.2 Å². The fourth-order valence-electron chi connectivity index (χ4n) is 1.27. The second kappa shape index (κ2) is 4.67. The summed E-state index contributed by atoms with van der Waals surface area (Å²) in [7, 11) is 1.46. The molecule has 0 atom stereocenters. The Kier molecular flexibility index (Phi) is 4.13. The first kappa shape index (κ1) is 10.6.